The van der Waals surface area contributed by atoms with E-state index < -0.39 is 0 Å². The zero-order valence-corrected chi connectivity index (χ0v) is 14.0. The van der Waals surface area contributed by atoms with Crippen LogP contribution in [0.4, 0.5) is 0 Å². The van der Waals surface area contributed by atoms with Crippen LogP contribution in [0.15, 0.2) is 30.3 Å². The van der Waals surface area contributed by atoms with Gasteiger partial charge in [0.15, 0.2) is 0 Å². The van der Waals surface area contributed by atoms with Crippen LogP contribution in [0.3, 0.4) is 0 Å². The first kappa shape index (κ1) is 16.2. The van der Waals surface area contributed by atoms with Gasteiger partial charge in [0.1, 0.15) is 5.69 Å². The van der Waals surface area contributed by atoms with Gasteiger partial charge in [0.05, 0.1) is 10.5 Å². The number of nitrogens with one attached hydrogen (secondary N) is 1. The van der Waals surface area contributed by atoms with Crippen molar-refractivity contribution in [1.82, 2.24) is 15.2 Å². The van der Waals surface area contributed by atoms with Gasteiger partial charge in [0.2, 0.25) is 0 Å². The smallest absolute Gasteiger partial charge is 0.269 e. The number of hydrogen-bond acceptors (Lipinski definition) is 3. The van der Waals surface area contributed by atoms with Crippen molar-refractivity contribution >= 4 is 28.4 Å². The highest BCUT2D eigenvalue weighted by Crippen LogP contribution is 2.22. The number of carbonyl (C=O) groups excluding carboxylic acids is 1. The number of fused-ring (bicyclic) bond motifs is 1. The number of hydrogen-bond donors (Lipinski definition) is 1. The molecule has 122 valence electrons. The summed E-state index contributed by atoms with van der Waals surface area (Å²) in [6.45, 7) is 4.10. The first-order valence-electron chi connectivity index (χ1n) is 8.30. The summed E-state index contributed by atoms with van der Waals surface area (Å²) >= 11 is 6.24. The van der Waals surface area contributed by atoms with E-state index in [0.717, 1.165) is 23.9 Å². The molecule has 1 aromatic carbocycles. The zero-order chi connectivity index (χ0) is 16.1. The van der Waals surface area contributed by atoms with Crippen LogP contribution in [0.25, 0.3) is 10.9 Å². The lowest BCUT2D eigenvalue weighted by Gasteiger charge is -2.26. The Bertz CT molecular complexity index is 683. The number of halogens is 1. The number of likely N-dealkylation sites (tertiary alicyclic amines) is 1. The molecule has 1 amide bonds. The van der Waals surface area contributed by atoms with Gasteiger partial charge in [0.25, 0.3) is 5.91 Å². The van der Waals surface area contributed by atoms with Gasteiger partial charge in [0, 0.05) is 11.9 Å². The van der Waals surface area contributed by atoms with Crippen LogP contribution in [0, 0.1) is 0 Å². The summed E-state index contributed by atoms with van der Waals surface area (Å²) < 4.78 is 0. The van der Waals surface area contributed by atoms with Crippen molar-refractivity contribution in [2.24, 2.45) is 0 Å². The Morgan fingerprint density at radius 2 is 2.00 bits per heavy atom. The molecule has 2 aromatic rings. The third-order valence-electron chi connectivity index (χ3n) is 4.28. The summed E-state index contributed by atoms with van der Waals surface area (Å²) in [4.78, 5) is 19.1. The lowest BCUT2D eigenvalue weighted by molar-refractivity contribution is 0.0946. The minimum atomic E-state index is -0.156. The maximum absolute atomic E-state index is 12.2. The molecular weight excluding hydrogens is 310 g/mol. The monoisotopic (exact) mass is 331 g/mol. The third-order valence-corrected chi connectivity index (χ3v) is 4.60. The molecule has 1 aromatic heterocycles. The molecule has 3 rings (SSSR count). The number of rotatable bonds is 5. The average molecular weight is 332 g/mol. The van der Waals surface area contributed by atoms with Crippen molar-refractivity contribution in [3.63, 3.8) is 0 Å². The largest absolute Gasteiger partial charge is 0.351 e. The molecule has 0 aliphatic carbocycles. The normalized spacial score (nSPS) is 15.7. The van der Waals surface area contributed by atoms with Gasteiger partial charge < -0.3 is 10.2 Å². The van der Waals surface area contributed by atoms with Crippen molar-refractivity contribution in [1.29, 1.82) is 0 Å². The highest BCUT2D eigenvalue weighted by atomic mass is 35.5. The van der Waals surface area contributed by atoms with E-state index in [0.29, 0.717) is 17.3 Å². The van der Waals surface area contributed by atoms with E-state index in [1.807, 2.05) is 24.3 Å². The molecule has 0 radical (unpaired) electrons. The Labute approximate surface area is 141 Å². The molecule has 5 heteroatoms. The highest BCUT2D eigenvalue weighted by molar-refractivity contribution is 6.35. The standard InChI is InChI=1S/C18H22ClN3O/c19-15-13-17(21-16-8-3-2-7-14(15)16)18(23)20-9-6-12-22-10-4-1-5-11-22/h2-3,7-8,13H,1,4-6,9-12H2,(H,20,23). The quantitative estimate of drug-likeness (QED) is 0.853. The SMILES string of the molecule is O=C(NCCCN1CCCCC1)c1cc(Cl)c2ccccc2n1. The van der Waals surface area contributed by atoms with Crippen LogP contribution < -0.4 is 5.32 Å². The van der Waals surface area contributed by atoms with Crippen molar-refractivity contribution < 1.29 is 4.79 Å². The summed E-state index contributed by atoms with van der Waals surface area (Å²) in [7, 11) is 0. The summed E-state index contributed by atoms with van der Waals surface area (Å²) in [5, 5.41) is 4.38. The minimum Gasteiger partial charge on any atom is -0.351 e. The second-order valence-electron chi connectivity index (χ2n) is 6.02. The van der Waals surface area contributed by atoms with Gasteiger partial charge in [-0.05, 0) is 51.0 Å². The fraction of sp³-hybridized carbons (Fsp3) is 0.444. The predicted molar refractivity (Wildman–Crippen MR) is 94.0 cm³/mol. The second-order valence-corrected chi connectivity index (χ2v) is 6.43. The number of aromatic nitrogens is 1. The molecule has 1 aliphatic heterocycles. The van der Waals surface area contributed by atoms with Crippen LogP contribution in [-0.2, 0) is 0 Å². The van der Waals surface area contributed by atoms with E-state index in [2.05, 4.69) is 15.2 Å². The number of amides is 1. The molecule has 4 nitrogen and oxygen atoms in total. The first-order valence-corrected chi connectivity index (χ1v) is 8.68. The lowest BCUT2D eigenvalue weighted by Crippen LogP contribution is -2.33. The maximum atomic E-state index is 12.2. The summed E-state index contributed by atoms with van der Waals surface area (Å²) in [5.41, 5.74) is 1.13. The van der Waals surface area contributed by atoms with Gasteiger partial charge >= 0.3 is 0 Å². The van der Waals surface area contributed by atoms with Gasteiger partial charge in [-0.2, -0.15) is 0 Å². The number of nitrogens with zero attached hydrogens (tertiary/aromatic N) is 2. The van der Waals surface area contributed by atoms with Crippen molar-refractivity contribution in [3.8, 4) is 0 Å². The number of benzene rings is 1. The van der Waals surface area contributed by atoms with Crippen LogP contribution in [0.2, 0.25) is 5.02 Å². The fourth-order valence-corrected chi connectivity index (χ4v) is 3.29. The van der Waals surface area contributed by atoms with Gasteiger partial charge in [-0.3, -0.25) is 4.79 Å². The molecule has 0 atom stereocenters. The molecule has 0 bridgehead atoms. The van der Waals surface area contributed by atoms with Crippen LogP contribution >= 0.6 is 11.6 Å². The van der Waals surface area contributed by atoms with E-state index in [4.69, 9.17) is 11.6 Å². The van der Waals surface area contributed by atoms with E-state index in [9.17, 15) is 4.79 Å². The molecule has 0 unspecified atom stereocenters. The summed E-state index contributed by atoms with van der Waals surface area (Å²) in [5.74, 6) is -0.156. The van der Waals surface area contributed by atoms with E-state index in [1.54, 1.807) is 6.07 Å². The number of para-hydroxylation sites is 1. The second kappa shape index (κ2) is 7.75. The first-order chi connectivity index (χ1) is 11.2. The molecular formula is C18H22ClN3O. The summed E-state index contributed by atoms with van der Waals surface area (Å²) in [6, 6.07) is 9.23. The molecule has 1 saturated heterocycles. The van der Waals surface area contributed by atoms with E-state index in [1.165, 1.54) is 32.4 Å². The lowest BCUT2D eigenvalue weighted by atomic mass is 10.1. The fourth-order valence-electron chi connectivity index (χ4n) is 3.03. The van der Waals surface area contributed by atoms with Crippen LogP contribution in [0.1, 0.15) is 36.2 Å². The highest BCUT2D eigenvalue weighted by Gasteiger charge is 2.12. The molecule has 1 N–H and O–H groups in total. The summed E-state index contributed by atoms with van der Waals surface area (Å²) in [6.07, 6.45) is 4.91. The zero-order valence-electron chi connectivity index (χ0n) is 13.2. The Hall–Kier alpha value is -1.65. The Morgan fingerprint density at radius 3 is 2.83 bits per heavy atom. The Morgan fingerprint density at radius 1 is 1.22 bits per heavy atom. The van der Waals surface area contributed by atoms with Crippen molar-refractivity contribution in [2.75, 3.05) is 26.2 Å². The Kier molecular flexibility index (Phi) is 5.47. The molecule has 1 aliphatic rings. The van der Waals surface area contributed by atoms with Crippen LogP contribution in [-0.4, -0.2) is 42.0 Å². The molecule has 0 spiro atoms. The molecule has 0 saturated carbocycles. The van der Waals surface area contributed by atoms with Crippen molar-refractivity contribution in [3.05, 3.63) is 41.0 Å². The maximum Gasteiger partial charge on any atom is 0.269 e. The van der Waals surface area contributed by atoms with Gasteiger partial charge in [-0.15, -0.1) is 0 Å². The molecule has 1 fully saturated rings. The van der Waals surface area contributed by atoms with E-state index in [-0.39, 0.29) is 5.91 Å². The third kappa shape index (κ3) is 4.21. The average Bonchev–Trinajstić information content (AvgIpc) is 2.59. The molecule has 2 heterocycles. The topological polar surface area (TPSA) is 45.2 Å². The Balaban J connectivity index is 1.53. The van der Waals surface area contributed by atoms with Gasteiger partial charge in [-0.1, -0.05) is 36.2 Å². The van der Waals surface area contributed by atoms with Gasteiger partial charge in [-0.25, -0.2) is 4.98 Å². The van der Waals surface area contributed by atoms with Crippen LogP contribution in [0.5, 0.6) is 0 Å². The minimum absolute atomic E-state index is 0.156. The van der Waals surface area contributed by atoms with E-state index >= 15 is 0 Å². The molecule has 23 heavy (non-hydrogen) atoms. The van der Waals surface area contributed by atoms with Crippen molar-refractivity contribution in [2.45, 2.75) is 25.7 Å². The number of pyridine rings is 1. The number of carbonyl (C=O) groups is 1. The predicted octanol–water partition coefficient (Wildman–Crippen LogP) is 3.49. The number of piperidine rings is 1.